The summed E-state index contributed by atoms with van der Waals surface area (Å²) >= 11 is 6.36. The van der Waals surface area contributed by atoms with Crippen molar-refractivity contribution in [3.63, 3.8) is 0 Å². The lowest BCUT2D eigenvalue weighted by Crippen LogP contribution is -2.13. The van der Waals surface area contributed by atoms with Crippen LogP contribution in [0.4, 0.5) is 8.78 Å². The second-order valence-corrected chi connectivity index (χ2v) is 6.63. The van der Waals surface area contributed by atoms with Crippen LogP contribution >= 0.6 is 24.0 Å². The van der Waals surface area contributed by atoms with Crippen LogP contribution in [0.5, 0.6) is 11.5 Å². The quantitative estimate of drug-likeness (QED) is 0.472. The summed E-state index contributed by atoms with van der Waals surface area (Å²) in [6.45, 7) is 1.18. The minimum absolute atomic E-state index is 0. The van der Waals surface area contributed by atoms with Crippen LogP contribution in [-0.2, 0) is 19.7 Å². The molecule has 0 aliphatic rings. The first kappa shape index (κ1) is 22.9. The van der Waals surface area contributed by atoms with Gasteiger partial charge in [-0.05, 0) is 41.5 Å². The van der Waals surface area contributed by atoms with Crippen LogP contribution in [0.25, 0.3) is 0 Å². The molecular weight excluding hydrogens is 419 g/mol. The summed E-state index contributed by atoms with van der Waals surface area (Å²) in [6.07, 6.45) is 0. The summed E-state index contributed by atoms with van der Waals surface area (Å²) in [4.78, 5) is 0. The molecule has 0 saturated heterocycles. The fourth-order valence-corrected chi connectivity index (χ4v) is 3.02. The molecule has 0 spiro atoms. The van der Waals surface area contributed by atoms with Crippen LogP contribution < -0.4 is 14.8 Å². The molecule has 0 radical (unpaired) electrons. The molecule has 154 valence electrons. The zero-order valence-electron chi connectivity index (χ0n) is 15.8. The average Bonchev–Trinajstić information content (AvgIpc) is 2.69. The molecule has 0 aromatic heterocycles. The molecule has 3 rings (SSSR count). The van der Waals surface area contributed by atoms with Crippen LogP contribution in [0, 0.1) is 11.6 Å². The average molecular weight is 440 g/mol. The second-order valence-electron chi connectivity index (χ2n) is 6.22. The Balaban J connectivity index is 0.00000300. The van der Waals surface area contributed by atoms with Gasteiger partial charge in [0.15, 0.2) is 11.5 Å². The Morgan fingerprint density at radius 1 is 0.931 bits per heavy atom. The SMILES string of the molecule is COc1cc(CNCc2ccc(F)cc2)cc(Cl)c1OCc1ccccc1F.Cl. The third-order valence-electron chi connectivity index (χ3n) is 4.19. The van der Waals surface area contributed by atoms with E-state index in [1.807, 2.05) is 6.07 Å². The summed E-state index contributed by atoms with van der Waals surface area (Å²) in [6, 6.07) is 16.3. The van der Waals surface area contributed by atoms with Crippen LogP contribution in [-0.4, -0.2) is 7.11 Å². The molecule has 3 aromatic carbocycles. The van der Waals surface area contributed by atoms with Gasteiger partial charge in [0.25, 0.3) is 0 Å². The number of hydrogen-bond acceptors (Lipinski definition) is 3. The lowest BCUT2D eigenvalue weighted by molar-refractivity contribution is 0.279. The van der Waals surface area contributed by atoms with E-state index >= 15 is 0 Å². The van der Waals surface area contributed by atoms with Crippen molar-refractivity contribution in [3.05, 3.63) is 94.0 Å². The maximum Gasteiger partial charge on any atom is 0.180 e. The molecule has 0 aliphatic heterocycles. The smallest absolute Gasteiger partial charge is 0.180 e. The fourth-order valence-electron chi connectivity index (χ4n) is 2.73. The number of methoxy groups -OCH3 is 1. The molecule has 0 saturated carbocycles. The van der Waals surface area contributed by atoms with Gasteiger partial charge in [-0.1, -0.05) is 41.9 Å². The van der Waals surface area contributed by atoms with E-state index < -0.39 is 0 Å². The van der Waals surface area contributed by atoms with Gasteiger partial charge < -0.3 is 14.8 Å². The standard InChI is InChI=1S/C22H20ClF2NO2.ClH/c1-27-21-11-16(13-26-12-15-6-8-18(24)9-7-15)10-19(23)22(21)28-14-17-4-2-3-5-20(17)25;/h2-11,26H,12-14H2,1H3;1H. The largest absolute Gasteiger partial charge is 0.493 e. The maximum absolute atomic E-state index is 13.8. The van der Waals surface area contributed by atoms with Gasteiger partial charge in [-0.25, -0.2) is 8.78 Å². The Labute approximate surface area is 180 Å². The zero-order valence-corrected chi connectivity index (χ0v) is 17.3. The summed E-state index contributed by atoms with van der Waals surface area (Å²) in [5.41, 5.74) is 2.32. The van der Waals surface area contributed by atoms with Gasteiger partial charge in [0.1, 0.15) is 18.2 Å². The second kappa shape index (κ2) is 11.0. The highest BCUT2D eigenvalue weighted by Gasteiger charge is 2.13. The van der Waals surface area contributed by atoms with Crippen LogP contribution in [0.3, 0.4) is 0 Å². The van der Waals surface area contributed by atoms with Gasteiger partial charge >= 0.3 is 0 Å². The van der Waals surface area contributed by atoms with Crippen molar-refractivity contribution in [1.29, 1.82) is 0 Å². The van der Waals surface area contributed by atoms with Crippen LogP contribution in [0.15, 0.2) is 60.7 Å². The summed E-state index contributed by atoms with van der Waals surface area (Å²) in [7, 11) is 1.53. The zero-order chi connectivity index (χ0) is 19.9. The third-order valence-corrected chi connectivity index (χ3v) is 4.47. The molecule has 3 nitrogen and oxygen atoms in total. The molecule has 0 atom stereocenters. The fraction of sp³-hybridized carbons (Fsp3) is 0.182. The first-order chi connectivity index (χ1) is 13.6. The molecule has 0 heterocycles. The molecule has 3 aromatic rings. The van der Waals surface area contributed by atoms with Crippen molar-refractivity contribution in [2.75, 3.05) is 7.11 Å². The van der Waals surface area contributed by atoms with Crippen molar-refractivity contribution in [1.82, 2.24) is 5.32 Å². The number of ether oxygens (including phenoxy) is 2. The Bertz CT molecular complexity index is 937. The highest BCUT2D eigenvalue weighted by atomic mass is 35.5. The van der Waals surface area contributed by atoms with Gasteiger partial charge in [0.2, 0.25) is 0 Å². The van der Waals surface area contributed by atoms with Crippen molar-refractivity contribution < 1.29 is 18.3 Å². The number of benzene rings is 3. The Morgan fingerprint density at radius 2 is 1.62 bits per heavy atom. The minimum atomic E-state index is -0.334. The van der Waals surface area contributed by atoms with Gasteiger partial charge in [-0.2, -0.15) is 0 Å². The predicted octanol–water partition coefficient (Wildman–Crippen LogP) is 5.92. The van der Waals surface area contributed by atoms with Crippen LogP contribution in [0.1, 0.15) is 16.7 Å². The third kappa shape index (κ3) is 6.32. The normalized spacial score (nSPS) is 10.3. The van der Waals surface area contributed by atoms with E-state index in [0.717, 1.165) is 11.1 Å². The van der Waals surface area contributed by atoms with E-state index in [1.54, 1.807) is 36.4 Å². The monoisotopic (exact) mass is 439 g/mol. The molecule has 0 bridgehead atoms. The Morgan fingerprint density at radius 3 is 2.31 bits per heavy atom. The highest BCUT2D eigenvalue weighted by molar-refractivity contribution is 6.32. The molecule has 7 heteroatoms. The number of nitrogens with one attached hydrogen (secondary N) is 1. The summed E-state index contributed by atoms with van der Waals surface area (Å²) in [5.74, 6) is 0.252. The molecule has 0 fully saturated rings. The van der Waals surface area contributed by atoms with Gasteiger partial charge in [0.05, 0.1) is 12.1 Å². The highest BCUT2D eigenvalue weighted by Crippen LogP contribution is 2.37. The van der Waals surface area contributed by atoms with E-state index in [0.29, 0.717) is 35.2 Å². The van der Waals surface area contributed by atoms with E-state index in [9.17, 15) is 8.78 Å². The van der Waals surface area contributed by atoms with Crippen LogP contribution in [0.2, 0.25) is 5.02 Å². The van der Waals surface area contributed by atoms with Crippen molar-refractivity contribution in [2.24, 2.45) is 0 Å². The molecule has 0 amide bonds. The van der Waals surface area contributed by atoms with Gasteiger partial charge in [0, 0.05) is 18.7 Å². The number of halogens is 4. The first-order valence-corrected chi connectivity index (χ1v) is 9.12. The Hall–Kier alpha value is -2.34. The molecule has 0 aliphatic carbocycles. The lowest BCUT2D eigenvalue weighted by Gasteiger charge is -2.15. The van der Waals surface area contributed by atoms with E-state index in [1.165, 1.54) is 25.3 Å². The number of rotatable bonds is 8. The van der Waals surface area contributed by atoms with Crippen molar-refractivity contribution in [2.45, 2.75) is 19.7 Å². The maximum atomic E-state index is 13.8. The van der Waals surface area contributed by atoms with Crippen molar-refractivity contribution >= 4 is 24.0 Å². The first-order valence-electron chi connectivity index (χ1n) is 8.74. The van der Waals surface area contributed by atoms with E-state index in [-0.39, 0.29) is 30.6 Å². The predicted molar refractivity (Wildman–Crippen MR) is 113 cm³/mol. The van der Waals surface area contributed by atoms with Crippen molar-refractivity contribution in [3.8, 4) is 11.5 Å². The van der Waals surface area contributed by atoms with Gasteiger partial charge in [-0.15, -0.1) is 12.4 Å². The summed E-state index contributed by atoms with van der Waals surface area (Å²) < 4.78 is 37.8. The molecule has 1 N–H and O–H groups in total. The van der Waals surface area contributed by atoms with E-state index in [4.69, 9.17) is 21.1 Å². The number of hydrogen-bond donors (Lipinski definition) is 1. The summed E-state index contributed by atoms with van der Waals surface area (Å²) in [5, 5.41) is 3.66. The Kier molecular flexibility index (Phi) is 8.70. The van der Waals surface area contributed by atoms with Gasteiger partial charge in [-0.3, -0.25) is 0 Å². The molecule has 0 unspecified atom stereocenters. The topological polar surface area (TPSA) is 30.5 Å². The molecule has 29 heavy (non-hydrogen) atoms. The molecular formula is C22H21Cl2F2NO2. The van der Waals surface area contributed by atoms with E-state index in [2.05, 4.69) is 5.32 Å². The lowest BCUT2D eigenvalue weighted by atomic mass is 10.1. The minimum Gasteiger partial charge on any atom is -0.493 e.